The van der Waals surface area contributed by atoms with Crippen LogP contribution in [0.5, 0.6) is 5.75 Å². The highest BCUT2D eigenvalue weighted by molar-refractivity contribution is 6.39. The molecule has 1 N–H and O–H groups in total. The van der Waals surface area contributed by atoms with Crippen molar-refractivity contribution in [3.05, 3.63) is 68.2 Å². The fraction of sp³-hybridized carbons (Fsp3) is 0.238. The van der Waals surface area contributed by atoms with Crippen molar-refractivity contribution >= 4 is 34.9 Å². The van der Waals surface area contributed by atoms with Crippen molar-refractivity contribution in [1.82, 2.24) is 5.16 Å². The first-order valence-electron chi connectivity index (χ1n) is 9.24. The molecule has 0 aliphatic heterocycles. The standard InChI is InChI=1S/C21H16Cl2F2N2O5/c1-11-17(19(27-32-11)18-13(22)4-3-5-14(18)23)20(28)31-9-8-30-16-7-6-12(21(2,24)25)10-15(16)26-29/h3-7,10H,8-9H2,1-2H3/p+1. The summed E-state index contributed by atoms with van der Waals surface area (Å²) >= 11 is 12.4. The van der Waals surface area contributed by atoms with Gasteiger partial charge in [0.25, 0.3) is 11.6 Å². The van der Waals surface area contributed by atoms with Gasteiger partial charge in [0, 0.05) is 34.2 Å². The number of aromatic nitrogens is 1. The van der Waals surface area contributed by atoms with Crippen LogP contribution in [0.15, 0.2) is 40.9 Å². The largest absolute Gasteiger partial charge is 0.483 e. The third-order valence-corrected chi connectivity index (χ3v) is 5.07. The molecule has 11 heteroatoms. The van der Waals surface area contributed by atoms with Gasteiger partial charge >= 0.3 is 5.97 Å². The Bertz CT molecular complexity index is 1140. The highest BCUT2D eigenvalue weighted by Gasteiger charge is 2.28. The van der Waals surface area contributed by atoms with E-state index >= 15 is 0 Å². The molecule has 168 valence electrons. The summed E-state index contributed by atoms with van der Waals surface area (Å²) in [6.45, 7) is 1.90. The molecule has 2 aromatic carbocycles. The molecule has 0 fully saturated rings. The molecule has 7 nitrogen and oxygen atoms in total. The zero-order chi connectivity index (χ0) is 23.5. The van der Waals surface area contributed by atoms with E-state index in [1.165, 1.54) is 13.0 Å². The number of nitrogens with one attached hydrogen (secondary N) is 1. The van der Waals surface area contributed by atoms with Crippen LogP contribution in [0.25, 0.3) is 11.3 Å². The molecule has 1 aromatic heterocycles. The number of carbonyl (C=O) groups is 1. The minimum Gasteiger partial charge on any atom is -0.483 e. The van der Waals surface area contributed by atoms with Gasteiger partial charge in [-0.05, 0) is 31.2 Å². The van der Waals surface area contributed by atoms with E-state index in [9.17, 15) is 18.5 Å². The average Bonchev–Trinajstić information content (AvgIpc) is 3.11. The second-order valence-corrected chi connectivity index (χ2v) is 7.56. The second kappa shape index (κ2) is 9.62. The number of halogens is 4. The number of alkyl halides is 2. The third-order valence-electron chi connectivity index (χ3n) is 4.44. The number of rotatable bonds is 8. The Morgan fingerprint density at radius 1 is 1.19 bits per heavy atom. The lowest BCUT2D eigenvalue weighted by molar-refractivity contribution is -0.380. The van der Waals surface area contributed by atoms with Gasteiger partial charge in [0.2, 0.25) is 0 Å². The highest BCUT2D eigenvalue weighted by atomic mass is 35.5. The molecule has 0 bridgehead atoms. The molecule has 0 saturated heterocycles. The Labute approximate surface area is 191 Å². The lowest BCUT2D eigenvalue weighted by Crippen LogP contribution is -2.56. The lowest BCUT2D eigenvalue weighted by Gasteiger charge is -2.11. The molecular formula is C21H17Cl2F2N2O5+. The van der Waals surface area contributed by atoms with Crippen molar-refractivity contribution in [2.45, 2.75) is 19.8 Å². The number of nitrogens with zero attached hydrogens (tertiary/aromatic N) is 1. The molecule has 0 spiro atoms. The highest BCUT2D eigenvalue weighted by Crippen LogP contribution is 2.37. The first-order chi connectivity index (χ1) is 15.1. The van der Waals surface area contributed by atoms with E-state index in [4.69, 9.17) is 37.2 Å². The molecule has 0 amide bonds. The van der Waals surface area contributed by atoms with E-state index in [0.29, 0.717) is 12.5 Å². The molecule has 0 unspecified atom stereocenters. The second-order valence-electron chi connectivity index (χ2n) is 6.74. The average molecular weight is 486 g/mol. The molecule has 0 aliphatic carbocycles. The Morgan fingerprint density at radius 3 is 2.50 bits per heavy atom. The number of ether oxygens (including phenoxy) is 2. The van der Waals surface area contributed by atoms with E-state index in [0.717, 1.165) is 12.1 Å². The maximum Gasteiger partial charge on any atom is 0.344 e. The SMILES string of the molecule is Cc1onc(-c2c(Cl)cccc2Cl)c1C(=O)OCCOc1ccc(C(C)(F)F)cc1[NH+]=O. The molecule has 0 radical (unpaired) electrons. The number of hydrogen-bond acceptors (Lipinski definition) is 6. The molecular weight excluding hydrogens is 469 g/mol. The zero-order valence-electron chi connectivity index (χ0n) is 16.9. The van der Waals surface area contributed by atoms with Crippen molar-refractivity contribution in [2.75, 3.05) is 13.2 Å². The van der Waals surface area contributed by atoms with Crippen LogP contribution in [0, 0.1) is 11.8 Å². The van der Waals surface area contributed by atoms with Crippen LogP contribution in [-0.4, -0.2) is 24.3 Å². The number of aryl methyl sites for hydroxylation is 1. The van der Waals surface area contributed by atoms with E-state index in [-0.39, 0.29) is 57.3 Å². The molecule has 3 aromatic rings. The van der Waals surface area contributed by atoms with Gasteiger partial charge in [-0.15, -0.1) is 0 Å². The maximum atomic E-state index is 13.4. The maximum absolute atomic E-state index is 13.4. The minimum atomic E-state index is -3.11. The Kier molecular flexibility index (Phi) is 7.10. The van der Waals surface area contributed by atoms with Crippen molar-refractivity contribution in [3.8, 4) is 17.0 Å². The van der Waals surface area contributed by atoms with Gasteiger partial charge < -0.3 is 14.0 Å². The molecule has 1 heterocycles. The van der Waals surface area contributed by atoms with Gasteiger partial charge in [0.1, 0.15) is 30.2 Å². The van der Waals surface area contributed by atoms with Crippen LogP contribution in [0.1, 0.15) is 28.6 Å². The van der Waals surface area contributed by atoms with Crippen LogP contribution in [0.2, 0.25) is 10.0 Å². The summed E-state index contributed by atoms with van der Waals surface area (Å²) in [5.74, 6) is -3.62. The summed E-state index contributed by atoms with van der Waals surface area (Å²) in [6, 6.07) is 8.21. The minimum absolute atomic E-state index is 0.0359. The molecule has 32 heavy (non-hydrogen) atoms. The quantitative estimate of drug-likeness (QED) is 0.364. The van der Waals surface area contributed by atoms with Crippen molar-refractivity contribution in [2.24, 2.45) is 0 Å². The zero-order valence-corrected chi connectivity index (χ0v) is 18.4. The summed E-state index contributed by atoms with van der Waals surface area (Å²) in [5.41, 5.74) is 0.00782. The Hall–Kier alpha value is -3.04. The van der Waals surface area contributed by atoms with E-state index in [1.54, 1.807) is 23.4 Å². The van der Waals surface area contributed by atoms with Crippen LogP contribution in [0.4, 0.5) is 14.5 Å². The monoisotopic (exact) mass is 485 g/mol. The summed E-state index contributed by atoms with van der Waals surface area (Å²) < 4.78 is 42.5. The van der Waals surface area contributed by atoms with Gasteiger partial charge in [-0.3, -0.25) is 0 Å². The number of carbonyl (C=O) groups excluding carboxylic acids is 1. The van der Waals surface area contributed by atoms with Crippen molar-refractivity contribution in [3.63, 3.8) is 0 Å². The Balaban J connectivity index is 1.68. The molecule has 0 atom stereocenters. The fourth-order valence-electron chi connectivity index (χ4n) is 2.87. The number of nitroso groups, excluding NO2 is 1. The van der Waals surface area contributed by atoms with Gasteiger partial charge in [0.05, 0.1) is 10.0 Å². The van der Waals surface area contributed by atoms with Crippen LogP contribution < -0.4 is 9.91 Å². The van der Waals surface area contributed by atoms with Crippen molar-refractivity contribution in [1.29, 1.82) is 0 Å². The van der Waals surface area contributed by atoms with E-state index in [1.807, 2.05) is 0 Å². The first-order valence-corrected chi connectivity index (χ1v) is 10.00. The van der Waals surface area contributed by atoms with Crippen molar-refractivity contribution < 1.29 is 32.7 Å². The molecule has 0 saturated carbocycles. The van der Waals surface area contributed by atoms with E-state index < -0.39 is 11.9 Å². The van der Waals surface area contributed by atoms with Gasteiger partial charge in [0.15, 0.2) is 5.75 Å². The summed E-state index contributed by atoms with van der Waals surface area (Å²) in [7, 11) is 0. The van der Waals surface area contributed by atoms with Crippen LogP contribution in [-0.2, 0) is 10.7 Å². The van der Waals surface area contributed by atoms with Gasteiger partial charge in [-0.2, -0.15) is 0 Å². The summed E-state index contributed by atoms with van der Waals surface area (Å²) in [6.07, 6.45) is 0. The summed E-state index contributed by atoms with van der Waals surface area (Å²) in [5, 5.41) is 6.00. The smallest absolute Gasteiger partial charge is 0.344 e. The fourth-order valence-corrected chi connectivity index (χ4v) is 3.45. The van der Waals surface area contributed by atoms with E-state index in [2.05, 4.69) is 5.16 Å². The number of esters is 1. The normalized spacial score (nSPS) is 11.3. The molecule has 0 aliphatic rings. The first kappa shape index (κ1) is 23.6. The predicted molar refractivity (Wildman–Crippen MR) is 112 cm³/mol. The number of hydrogen-bond donors (Lipinski definition) is 1. The van der Waals surface area contributed by atoms with Gasteiger partial charge in [-0.1, -0.05) is 34.4 Å². The van der Waals surface area contributed by atoms with Gasteiger partial charge in [-0.25, -0.2) is 13.6 Å². The van der Waals surface area contributed by atoms with Crippen LogP contribution >= 0.6 is 23.2 Å². The number of benzene rings is 2. The Morgan fingerprint density at radius 2 is 1.88 bits per heavy atom. The topological polar surface area (TPSA) is 92.6 Å². The van der Waals surface area contributed by atoms with Crippen LogP contribution in [0.3, 0.4) is 0 Å². The third kappa shape index (κ3) is 5.05. The summed E-state index contributed by atoms with van der Waals surface area (Å²) in [4.78, 5) is 23.7. The molecule has 3 rings (SSSR count). The predicted octanol–water partition coefficient (Wildman–Crippen LogP) is 4.78. The lowest BCUT2D eigenvalue weighted by atomic mass is 10.1.